The van der Waals surface area contributed by atoms with Crippen LogP contribution in [-0.2, 0) is 6.54 Å². The van der Waals surface area contributed by atoms with E-state index in [0.717, 1.165) is 22.6 Å². The van der Waals surface area contributed by atoms with Gasteiger partial charge in [0.1, 0.15) is 17.0 Å². The lowest BCUT2D eigenvalue weighted by atomic mass is 9.99. The lowest BCUT2D eigenvalue weighted by molar-refractivity contribution is 1.11. The van der Waals surface area contributed by atoms with Gasteiger partial charge < -0.3 is 5.32 Å². The SMILES string of the molecule is Cc1ccc(-c2csc3ncnc(NCc4ccccc4)c23)c(C)c1. The number of anilines is 1. The molecule has 0 amide bonds. The summed E-state index contributed by atoms with van der Waals surface area (Å²) in [6, 6.07) is 16.9. The Kier molecular flexibility index (Phi) is 4.20. The van der Waals surface area contributed by atoms with E-state index in [0.29, 0.717) is 0 Å². The van der Waals surface area contributed by atoms with Crippen molar-refractivity contribution in [1.82, 2.24) is 9.97 Å². The molecule has 0 atom stereocenters. The molecule has 124 valence electrons. The lowest BCUT2D eigenvalue weighted by Crippen LogP contribution is -2.02. The molecule has 0 aliphatic carbocycles. The molecule has 0 saturated heterocycles. The van der Waals surface area contributed by atoms with Gasteiger partial charge in [-0.05, 0) is 30.5 Å². The number of hydrogen-bond acceptors (Lipinski definition) is 4. The van der Waals surface area contributed by atoms with E-state index in [1.165, 1.54) is 27.8 Å². The minimum absolute atomic E-state index is 0.745. The zero-order valence-corrected chi connectivity index (χ0v) is 15.1. The van der Waals surface area contributed by atoms with Crippen LogP contribution >= 0.6 is 11.3 Å². The highest BCUT2D eigenvalue weighted by Crippen LogP contribution is 2.38. The van der Waals surface area contributed by atoms with Crippen LogP contribution in [0.1, 0.15) is 16.7 Å². The molecule has 4 heteroatoms. The number of fused-ring (bicyclic) bond motifs is 1. The van der Waals surface area contributed by atoms with Crippen molar-refractivity contribution >= 4 is 27.4 Å². The predicted molar refractivity (Wildman–Crippen MR) is 106 cm³/mol. The molecule has 0 unspecified atom stereocenters. The van der Waals surface area contributed by atoms with Gasteiger partial charge in [-0.3, -0.25) is 0 Å². The Bertz CT molecular complexity index is 1020. The standard InChI is InChI=1S/C21H19N3S/c1-14-8-9-17(15(2)10-14)18-12-25-21-19(18)20(23-13-24-21)22-11-16-6-4-3-5-7-16/h3-10,12-13H,11H2,1-2H3,(H,22,23,24). The maximum absolute atomic E-state index is 4.51. The molecular formula is C21H19N3S. The smallest absolute Gasteiger partial charge is 0.139 e. The highest BCUT2D eigenvalue weighted by molar-refractivity contribution is 7.17. The van der Waals surface area contributed by atoms with Gasteiger partial charge in [0.2, 0.25) is 0 Å². The number of aromatic nitrogens is 2. The van der Waals surface area contributed by atoms with Crippen LogP contribution in [0.5, 0.6) is 0 Å². The van der Waals surface area contributed by atoms with Gasteiger partial charge in [0.25, 0.3) is 0 Å². The third-order valence-corrected chi connectivity index (χ3v) is 5.23. The molecule has 4 aromatic rings. The van der Waals surface area contributed by atoms with Gasteiger partial charge in [-0.15, -0.1) is 11.3 Å². The molecule has 0 radical (unpaired) electrons. The Morgan fingerprint density at radius 2 is 1.80 bits per heavy atom. The maximum Gasteiger partial charge on any atom is 0.139 e. The van der Waals surface area contributed by atoms with E-state index in [9.17, 15) is 0 Å². The van der Waals surface area contributed by atoms with E-state index < -0.39 is 0 Å². The van der Waals surface area contributed by atoms with Crippen LogP contribution < -0.4 is 5.32 Å². The molecule has 0 saturated carbocycles. The van der Waals surface area contributed by atoms with Crippen LogP contribution in [0.3, 0.4) is 0 Å². The average Bonchev–Trinajstić information content (AvgIpc) is 3.05. The molecule has 0 aliphatic heterocycles. The first-order chi connectivity index (χ1) is 12.2. The molecular weight excluding hydrogens is 326 g/mol. The van der Waals surface area contributed by atoms with Crippen molar-refractivity contribution in [2.24, 2.45) is 0 Å². The topological polar surface area (TPSA) is 37.8 Å². The van der Waals surface area contributed by atoms with Crippen LogP contribution in [0.4, 0.5) is 5.82 Å². The highest BCUT2D eigenvalue weighted by Gasteiger charge is 2.14. The second-order valence-electron chi connectivity index (χ2n) is 6.21. The predicted octanol–water partition coefficient (Wildman–Crippen LogP) is 5.59. The molecule has 0 bridgehead atoms. The summed E-state index contributed by atoms with van der Waals surface area (Å²) in [4.78, 5) is 9.98. The monoisotopic (exact) mass is 345 g/mol. The molecule has 0 aliphatic rings. The Morgan fingerprint density at radius 3 is 2.60 bits per heavy atom. The van der Waals surface area contributed by atoms with Gasteiger partial charge in [0.05, 0.1) is 5.39 Å². The van der Waals surface area contributed by atoms with Crippen molar-refractivity contribution in [2.45, 2.75) is 20.4 Å². The minimum atomic E-state index is 0.745. The van der Waals surface area contributed by atoms with Crippen LogP contribution in [-0.4, -0.2) is 9.97 Å². The summed E-state index contributed by atoms with van der Waals surface area (Å²) in [5.74, 6) is 0.894. The van der Waals surface area contributed by atoms with Gasteiger partial charge in [0.15, 0.2) is 0 Å². The van der Waals surface area contributed by atoms with Crippen LogP contribution in [0.15, 0.2) is 60.2 Å². The quantitative estimate of drug-likeness (QED) is 0.524. The highest BCUT2D eigenvalue weighted by atomic mass is 32.1. The fourth-order valence-electron chi connectivity index (χ4n) is 3.10. The van der Waals surface area contributed by atoms with Gasteiger partial charge in [0, 0.05) is 17.5 Å². The Hall–Kier alpha value is -2.72. The van der Waals surface area contributed by atoms with Gasteiger partial charge in [-0.2, -0.15) is 0 Å². The zero-order valence-electron chi connectivity index (χ0n) is 14.3. The lowest BCUT2D eigenvalue weighted by Gasteiger charge is -2.10. The average molecular weight is 345 g/mol. The summed E-state index contributed by atoms with van der Waals surface area (Å²) in [5, 5.41) is 6.78. The molecule has 2 aromatic heterocycles. The number of thiophene rings is 1. The summed E-state index contributed by atoms with van der Waals surface area (Å²) < 4.78 is 0. The van der Waals surface area contributed by atoms with Crippen molar-refractivity contribution in [3.63, 3.8) is 0 Å². The van der Waals surface area contributed by atoms with Crippen molar-refractivity contribution in [1.29, 1.82) is 0 Å². The summed E-state index contributed by atoms with van der Waals surface area (Å²) in [5.41, 5.74) is 6.23. The van der Waals surface area contributed by atoms with E-state index >= 15 is 0 Å². The number of hydrogen-bond donors (Lipinski definition) is 1. The Balaban J connectivity index is 1.76. The normalized spacial score (nSPS) is 11.0. The molecule has 2 heterocycles. The van der Waals surface area contributed by atoms with Crippen molar-refractivity contribution in [3.8, 4) is 11.1 Å². The number of rotatable bonds is 4. The molecule has 4 rings (SSSR count). The van der Waals surface area contributed by atoms with Crippen molar-refractivity contribution < 1.29 is 0 Å². The Morgan fingerprint density at radius 1 is 0.960 bits per heavy atom. The summed E-state index contributed by atoms with van der Waals surface area (Å²) >= 11 is 1.67. The summed E-state index contributed by atoms with van der Waals surface area (Å²) in [6.07, 6.45) is 1.64. The fraction of sp³-hybridized carbons (Fsp3) is 0.143. The number of aryl methyl sites for hydroxylation is 2. The van der Waals surface area contributed by atoms with Crippen LogP contribution in [0, 0.1) is 13.8 Å². The van der Waals surface area contributed by atoms with E-state index in [2.05, 4.69) is 77.0 Å². The van der Waals surface area contributed by atoms with Crippen molar-refractivity contribution in [3.05, 3.63) is 76.9 Å². The molecule has 3 nitrogen and oxygen atoms in total. The number of benzene rings is 2. The summed E-state index contributed by atoms with van der Waals surface area (Å²) in [6.45, 7) is 5.03. The molecule has 1 N–H and O–H groups in total. The van der Waals surface area contributed by atoms with Gasteiger partial charge in [-0.25, -0.2) is 9.97 Å². The Labute approximate surface area is 151 Å². The van der Waals surface area contributed by atoms with Gasteiger partial charge in [-0.1, -0.05) is 54.1 Å². The molecule has 25 heavy (non-hydrogen) atoms. The third-order valence-electron chi connectivity index (χ3n) is 4.35. The van der Waals surface area contributed by atoms with E-state index in [1.807, 2.05) is 6.07 Å². The number of nitrogens with zero attached hydrogens (tertiary/aromatic N) is 2. The first kappa shape index (κ1) is 15.8. The summed E-state index contributed by atoms with van der Waals surface area (Å²) in [7, 11) is 0. The molecule has 0 fully saturated rings. The largest absolute Gasteiger partial charge is 0.365 e. The second-order valence-corrected chi connectivity index (χ2v) is 7.07. The maximum atomic E-state index is 4.51. The first-order valence-corrected chi connectivity index (χ1v) is 9.18. The third kappa shape index (κ3) is 3.13. The molecule has 0 spiro atoms. The van der Waals surface area contributed by atoms with Crippen LogP contribution in [0.25, 0.3) is 21.3 Å². The minimum Gasteiger partial charge on any atom is -0.365 e. The zero-order chi connectivity index (χ0) is 17.2. The van der Waals surface area contributed by atoms with Gasteiger partial charge >= 0.3 is 0 Å². The van der Waals surface area contributed by atoms with E-state index in [-0.39, 0.29) is 0 Å². The van der Waals surface area contributed by atoms with E-state index in [4.69, 9.17) is 0 Å². The van der Waals surface area contributed by atoms with Crippen molar-refractivity contribution in [2.75, 3.05) is 5.32 Å². The first-order valence-electron chi connectivity index (χ1n) is 8.30. The molecule has 2 aromatic carbocycles. The van der Waals surface area contributed by atoms with Crippen LogP contribution in [0.2, 0.25) is 0 Å². The fourth-order valence-corrected chi connectivity index (χ4v) is 4.01. The van der Waals surface area contributed by atoms with E-state index in [1.54, 1.807) is 17.7 Å². The second kappa shape index (κ2) is 6.65. The number of nitrogens with one attached hydrogen (secondary N) is 1.